The van der Waals surface area contributed by atoms with E-state index in [-0.39, 0.29) is 17.1 Å². The summed E-state index contributed by atoms with van der Waals surface area (Å²) in [5.74, 6) is -0.997. The monoisotopic (exact) mass is 277 g/mol. The molecule has 0 saturated carbocycles. The smallest absolute Gasteiger partial charge is 0.322 e. The van der Waals surface area contributed by atoms with Crippen LogP contribution in [0.15, 0.2) is 40.9 Å². The average molecular weight is 277 g/mol. The number of thioether (sulfide) groups is 1. The number of rotatable bonds is 3. The Morgan fingerprint density at radius 2 is 2.11 bits per heavy atom. The summed E-state index contributed by atoms with van der Waals surface area (Å²) in [6, 6.07) is 7.47. The quantitative estimate of drug-likeness (QED) is 0.830. The van der Waals surface area contributed by atoms with E-state index in [4.69, 9.17) is 5.11 Å². The van der Waals surface area contributed by atoms with Crippen LogP contribution in [0, 0.1) is 0 Å². The molecule has 0 radical (unpaired) electrons. The summed E-state index contributed by atoms with van der Waals surface area (Å²) in [5.41, 5.74) is 1.27. The number of carbonyl (C=O) groups excluding carboxylic acids is 1. The minimum absolute atomic E-state index is 0.0442. The Kier molecular flexibility index (Phi) is 3.66. The summed E-state index contributed by atoms with van der Waals surface area (Å²) in [6.45, 7) is 3.72. The van der Waals surface area contributed by atoms with Crippen molar-refractivity contribution in [1.29, 1.82) is 0 Å². The van der Waals surface area contributed by atoms with Gasteiger partial charge in [-0.25, -0.2) is 0 Å². The van der Waals surface area contributed by atoms with Crippen LogP contribution in [-0.2, 0) is 4.79 Å². The summed E-state index contributed by atoms with van der Waals surface area (Å²) < 4.78 is -0.378. The third-order valence-electron chi connectivity index (χ3n) is 2.89. The van der Waals surface area contributed by atoms with Crippen LogP contribution in [0.1, 0.15) is 24.2 Å². The van der Waals surface area contributed by atoms with E-state index in [1.807, 2.05) is 32.0 Å². The summed E-state index contributed by atoms with van der Waals surface area (Å²) >= 11 is 1.61. The maximum absolute atomic E-state index is 12.4. The van der Waals surface area contributed by atoms with E-state index in [9.17, 15) is 9.59 Å². The van der Waals surface area contributed by atoms with Crippen molar-refractivity contribution in [3.63, 3.8) is 0 Å². The van der Waals surface area contributed by atoms with Gasteiger partial charge in [0.25, 0.3) is 0 Å². The molecule has 1 heterocycles. The van der Waals surface area contributed by atoms with Crippen molar-refractivity contribution in [3.05, 3.63) is 41.6 Å². The van der Waals surface area contributed by atoms with E-state index in [1.54, 1.807) is 17.8 Å². The van der Waals surface area contributed by atoms with Crippen LogP contribution in [0.2, 0.25) is 0 Å². The van der Waals surface area contributed by atoms with E-state index in [0.717, 1.165) is 4.90 Å². The Balaban J connectivity index is 2.34. The standard InChI is InChI=1S/C14H15NO3S/c1-14(2)10(7-15-8-12(16)17)13(18)9-5-3-4-6-11(9)19-14/h3-7,15H,8H2,1-2H3,(H,16,17)/b10-7+. The summed E-state index contributed by atoms with van der Waals surface area (Å²) in [5, 5.41) is 11.3. The maximum Gasteiger partial charge on any atom is 0.322 e. The first-order chi connectivity index (χ1) is 8.92. The maximum atomic E-state index is 12.4. The number of fused-ring (bicyclic) bond motifs is 1. The van der Waals surface area contributed by atoms with E-state index in [2.05, 4.69) is 5.32 Å². The molecule has 0 atom stereocenters. The van der Waals surface area contributed by atoms with Crippen molar-refractivity contribution >= 4 is 23.5 Å². The Morgan fingerprint density at radius 1 is 1.42 bits per heavy atom. The fraction of sp³-hybridized carbons (Fsp3) is 0.286. The molecule has 2 rings (SSSR count). The molecule has 0 aliphatic carbocycles. The molecule has 100 valence electrons. The number of nitrogens with one attached hydrogen (secondary N) is 1. The van der Waals surface area contributed by atoms with Gasteiger partial charge in [0.15, 0.2) is 5.78 Å². The largest absolute Gasteiger partial charge is 0.480 e. The highest BCUT2D eigenvalue weighted by molar-refractivity contribution is 8.01. The highest BCUT2D eigenvalue weighted by Gasteiger charge is 2.36. The van der Waals surface area contributed by atoms with Crippen molar-refractivity contribution in [2.45, 2.75) is 23.5 Å². The van der Waals surface area contributed by atoms with E-state index in [1.165, 1.54) is 6.20 Å². The number of ketones is 1. The van der Waals surface area contributed by atoms with Gasteiger partial charge in [0.1, 0.15) is 6.54 Å². The first kappa shape index (κ1) is 13.7. The zero-order chi connectivity index (χ0) is 14.0. The second kappa shape index (κ2) is 5.09. The SMILES string of the molecule is CC1(C)Sc2ccccc2C(=O)/C1=C\NCC(=O)O. The van der Waals surface area contributed by atoms with Crippen LogP contribution in [0.3, 0.4) is 0 Å². The molecule has 5 heteroatoms. The predicted octanol–water partition coefficient (Wildman–Crippen LogP) is 2.31. The zero-order valence-electron chi connectivity index (χ0n) is 10.8. The summed E-state index contributed by atoms with van der Waals surface area (Å²) in [4.78, 5) is 23.9. The fourth-order valence-electron chi connectivity index (χ4n) is 1.97. The molecule has 0 bridgehead atoms. The molecule has 0 fully saturated rings. The molecule has 0 spiro atoms. The van der Waals surface area contributed by atoms with Gasteiger partial charge in [0.2, 0.25) is 0 Å². The number of Topliss-reactive ketones (excluding diaryl/α,β-unsaturated/α-hetero) is 1. The van der Waals surface area contributed by atoms with Gasteiger partial charge < -0.3 is 10.4 Å². The van der Waals surface area contributed by atoms with E-state index >= 15 is 0 Å². The molecule has 4 nitrogen and oxygen atoms in total. The fourth-order valence-corrected chi connectivity index (χ4v) is 3.20. The van der Waals surface area contributed by atoms with Gasteiger partial charge >= 0.3 is 5.97 Å². The highest BCUT2D eigenvalue weighted by Crippen LogP contribution is 2.45. The van der Waals surface area contributed by atoms with Gasteiger partial charge in [-0.3, -0.25) is 9.59 Å². The number of carboxylic acids is 1. The van der Waals surface area contributed by atoms with Crippen molar-refractivity contribution in [3.8, 4) is 0 Å². The molecular weight excluding hydrogens is 262 g/mol. The Hall–Kier alpha value is -1.75. The lowest BCUT2D eigenvalue weighted by Crippen LogP contribution is -2.31. The molecule has 0 unspecified atom stereocenters. The van der Waals surface area contributed by atoms with Crippen LogP contribution in [0.5, 0.6) is 0 Å². The third kappa shape index (κ3) is 2.81. The topological polar surface area (TPSA) is 66.4 Å². The number of aliphatic carboxylic acids is 1. The first-order valence-corrected chi connectivity index (χ1v) is 6.72. The van der Waals surface area contributed by atoms with Crippen molar-refractivity contribution in [1.82, 2.24) is 5.32 Å². The van der Waals surface area contributed by atoms with Crippen LogP contribution >= 0.6 is 11.8 Å². The van der Waals surface area contributed by atoms with Crippen molar-refractivity contribution in [2.75, 3.05) is 6.54 Å². The van der Waals surface area contributed by atoms with E-state index < -0.39 is 5.97 Å². The predicted molar refractivity (Wildman–Crippen MR) is 74.4 cm³/mol. The highest BCUT2D eigenvalue weighted by atomic mass is 32.2. The lowest BCUT2D eigenvalue weighted by atomic mass is 9.93. The molecule has 1 aromatic rings. The number of hydrogen-bond acceptors (Lipinski definition) is 4. The van der Waals surface area contributed by atoms with Crippen LogP contribution in [-0.4, -0.2) is 28.2 Å². The molecule has 0 saturated heterocycles. The molecule has 19 heavy (non-hydrogen) atoms. The second-order valence-electron chi connectivity index (χ2n) is 4.77. The summed E-state index contributed by atoms with van der Waals surface area (Å²) in [7, 11) is 0. The molecule has 0 amide bonds. The Bertz CT molecular complexity index is 564. The lowest BCUT2D eigenvalue weighted by Gasteiger charge is -2.32. The van der Waals surface area contributed by atoms with Gasteiger partial charge in [-0.2, -0.15) is 0 Å². The Morgan fingerprint density at radius 3 is 2.79 bits per heavy atom. The number of hydrogen-bond donors (Lipinski definition) is 2. The molecule has 0 aromatic heterocycles. The minimum Gasteiger partial charge on any atom is -0.480 e. The first-order valence-electron chi connectivity index (χ1n) is 5.90. The number of carboxylic acid groups (broad SMARTS) is 1. The molecule has 2 N–H and O–H groups in total. The van der Waals surface area contributed by atoms with Crippen LogP contribution in [0.4, 0.5) is 0 Å². The number of carbonyl (C=O) groups is 2. The van der Waals surface area contributed by atoms with Crippen LogP contribution in [0.25, 0.3) is 0 Å². The van der Waals surface area contributed by atoms with Gasteiger partial charge in [-0.15, -0.1) is 11.8 Å². The van der Waals surface area contributed by atoms with Gasteiger partial charge in [-0.05, 0) is 26.0 Å². The molecule has 1 aromatic carbocycles. The third-order valence-corrected chi connectivity index (χ3v) is 4.20. The van der Waals surface area contributed by atoms with Gasteiger partial charge in [0.05, 0.1) is 0 Å². The van der Waals surface area contributed by atoms with Crippen molar-refractivity contribution < 1.29 is 14.7 Å². The average Bonchev–Trinajstić information content (AvgIpc) is 2.32. The van der Waals surface area contributed by atoms with Crippen LogP contribution < -0.4 is 5.32 Å². The Labute approximate surface area is 115 Å². The van der Waals surface area contributed by atoms with E-state index in [0.29, 0.717) is 11.1 Å². The van der Waals surface area contributed by atoms with Crippen molar-refractivity contribution in [2.24, 2.45) is 0 Å². The summed E-state index contributed by atoms with van der Waals surface area (Å²) in [6.07, 6.45) is 1.53. The second-order valence-corrected chi connectivity index (χ2v) is 6.43. The van der Waals surface area contributed by atoms with Gasteiger partial charge in [0, 0.05) is 27.0 Å². The lowest BCUT2D eigenvalue weighted by molar-refractivity contribution is -0.135. The molecular formula is C14H15NO3S. The molecule has 1 aliphatic rings. The zero-order valence-corrected chi connectivity index (χ0v) is 11.6. The normalized spacial score (nSPS) is 19.1. The number of benzene rings is 1. The molecule has 1 aliphatic heterocycles. The van der Waals surface area contributed by atoms with Gasteiger partial charge in [-0.1, -0.05) is 12.1 Å². The minimum atomic E-state index is -0.953.